The molecule has 7 nitrogen and oxygen atoms in total. The van der Waals surface area contributed by atoms with E-state index in [0.29, 0.717) is 22.6 Å². The second-order valence-corrected chi connectivity index (χ2v) is 9.68. The highest BCUT2D eigenvalue weighted by atomic mass is 35.5. The normalized spacial score (nSPS) is 15.2. The highest BCUT2D eigenvalue weighted by Crippen LogP contribution is 2.27. The van der Waals surface area contributed by atoms with Crippen molar-refractivity contribution in [3.05, 3.63) is 134 Å². The Labute approximate surface area is 224 Å². The van der Waals surface area contributed by atoms with Gasteiger partial charge in [-0.05, 0) is 59.2 Å². The number of hydrogen-bond acceptors (Lipinski definition) is 5. The van der Waals surface area contributed by atoms with Crippen LogP contribution in [0.2, 0.25) is 5.02 Å². The number of carbonyl (C=O) groups is 3. The SMILES string of the molecule is O=C(Cc1ccc(CN2C(=O)c3ccc(Cl)cc3CC(=O)[C@H]2Cc2ccccn2)cc1)c1ccc[nH]c1=O. The van der Waals surface area contributed by atoms with E-state index in [9.17, 15) is 19.2 Å². The summed E-state index contributed by atoms with van der Waals surface area (Å²) >= 11 is 6.17. The summed E-state index contributed by atoms with van der Waals surface area (Å²) in [6, 6.07) is 20.2. The number of rotatable bonds is 7. The van der Waals surface area contributed by atoms with Crippen molar-refractivity contribution in [2.75, 3.05) is 0 Å². The third-order valence-corrected chi connectivity index (χ3v) is 6.89. The Morgan fingerprint density at radius 3 is 2.50 bits per heavy atom. The molecule has 2 aromatic heterocycles. The van der Waals surface area contributed by atoms with Crippen LogP contribution in [0.5, 0.6) is 0 Å². The lowest BCUT2D eigenvalue weighted by molar-refractivity contribution is -0.122. The van der Waals surface area contributed by atoms with Crippen LogP contribution < -0.4 is 5.56 Å². The molecule has 1 aliphatic rings. The van der Waals surface area contributed by atoms with Gasteiger partial charge >= 0.3 is 0 Å². The quantitative estimate of drug-likeness (QED) is 0.364. The van der Waals surface area contributed by atoms with Gasteiger partial charge in [0.1, 0.15) is 0 Å². The first kappa shape index (κ1) is 25.3. The van der Waals surface area contributed by atoms with Gasteiger partial charge in [0.05, 0.1) is 11.6 Å². The average molecular weight is 526 g/mol. The predicted molar refractivity (Wildman–Crippen MR) is 143 cm³/mol. The smallest absolute Gasteiger partial charge is 0.258 e. The summed E-state index contributed by atoms with van der Waals surface area (Å²) in [5, 5.41) is 0.474. The fraction of sp³-hybridized carbons (Fsp3) is 0.167. The van der Waals surface area contributed by atoms with Gasteiger partial charge < -0.3 is 9.88 Å². The van der Waals surface area contributed by atoms with Gasteiger partial charge in [0.2, 0.25) is 0 Å². The summed E-state index contributed by atoms with van der Waals surface area (Å²) in [6.07, 6.45) is 3.63. The molecule has 1 N–H and O–H groups in total. The number of aromatic nitrogens is 2. The van der Waals surface area contributed by atoms with Crippen LogP contribution in [0.1, 0.15) is 43.1 Å². The monoisotopic (exact) mass is 525 g/mol. The van der Waals surface area contributed by atoms with Crippen LogP contribution in [0.15, 0.2) is 90.0 Å². The summed E-state index contributed by atoms with van der Waals surface area (Å²) in [7, 11) is 0. The molecule has 0 bridgehead atoms. The number of Topliss-reactive ketones (excluding diaryl/α,β-unsaturated/α-hetero) is 2. The molecule has 0 spiro atoms. The van der Waals surface area contributed by atoms with Crippen LogP contribution in [-0.2, 0) is 30.6 Å². The summed E-state index contributed by atoms with van der Waals surface area (Å²) in [5.41, 5.74) is 3.04. The van der Waals surface area contributed by atoms with E-state index in [0.717, 1.165) is 16.8 Å². The molecule has 190 valence electrons. The average Bonchev–Trinajstić information content (AvgIpc) is 3.00. The van der Waals surface area contributed by atoms with Gasteiger partial charge in [-0.3, -0.25) is 24.2 Å². The fourth-order valence-corrected chi connectivity index (χ4v) is 4.89. The minimum atomic E-state index is -0.699. The lowest BCUT2D eigenvalue weighted by atomic mass is 9.99. The van der Waals surface area contributed by atoms with Gasteiger partial charge in [-0.25, -0.2) is 0 Å². The number of H-pyrrole nitrogens is 1. The lowest BCUT2D eigenvalue weighted by Crippen LogP contribution is -2.44. The van der Waals surface area contributed by atoms with Crippen molar-refractivity contribution in [2.45, 2.75) is 31.8 Å². The number of aromatic amines is 1. The molecule has 0 radical (unpaired) electrons. The van der Waals surface area contributed by atoms with Crippen LogP contribution in [0.25, 0.3) is 0 Å². The van der Waals surface area contributed by atoms with E-state index in [2.05, 4.69) is 9.97 Å². The van der Waals surface area contributed by atoms with Crippen molar-refractivity contribution >= 4 is 29.1 Å². The van der Waals surface area contributed by atoms with Crippen molar-refractivity contribution < 1.29 is 14.4 Å². The van der Waals surface area contributed by atoms with Crippen molar-refractivity contribution in [1.29, 1.82) is 0 Å². The first-order chi connectivity index (χ1) is 18.4. The largest absolute Gasteiger partial charge is 0.328 e. The molecule has 0 fully saturated rings. The number of benzene rings is 2. The fourth-order valence-electron chi connectivity index (χ4n) is 4.70. The van der Waals surface area contributed by atoms with Crippen molar-refractivity contribution in [2.24, 2.45) is 0 Å². The number of nitrogens with one attached hydrogen (secondary N) is 1. The molecule has 0 aliphatic carbocycles. The molecule has 4 aromatic rings. The number of amides is 1. The maximum absolute atomic E-state index is 13.7. The summed E-state index contributed by atoms with van der Waals surface area (Å²) in [4.78, 5) is 60.2. The summed E-state index contributed by atoms with van der Waals surface area (Å²) in [5.74, 6) is -0.607. The first-order valence-electron chi connectivity index (χ1n) is 12.2. The Morgan fingerprint density at radius 1 is 0.974 bits per heavy atom. The zero-order valence-corrected chi connectivity index (χ0v) is 21.1. The van der Waals surface area contributed by atoms with E-state index in [4.69, 9.17) is 11.6 Å². The Bertz CT molecular complexity index is 1560. The van der Waals surface area contributed by atoms with Gasteiger partial charge in [0, 0.05) is 54.5 Å². The topological polar surface area (TPSA) is 100 Å². The van der Waals surface area contributed by atoms with E-state index in [1.54, 1.807) is 53.6 Å². The second-order valence-electron chi connectivity index (χ2n) is 9.25. The Balaban J connectivity index is 1.41. The molecule has 38 heavy (non-hydrogen) atoms. The van der Waals surface area contributed by atoms with Crippen LogP contribution >= 0.6 is 11.6 Å². The maximum Gasteiger partial charge on any atom is 0.258 e. The highest BCUT2D eigenvalue weighted by Gasteiger charge is 2.35. The number of nitrogens with zero attached hydrogens (tertiary/aromatic N) is 2. The molecular formula is C30H24ClN3O4. The molecule has 0 unspecified atom stereocenters. The van der Waals surface area contributed by atoms with Gasteiger partial charge in [-0.2, -0.15) is 0 Å². The van der Waals surface area contributed by atoms with Gasteiger partial charge in [0.25, 0.3) is 11.5 Å². The zero-order chi connectivity index (χ0) is 26.6. The van der Waals surface area contributed by atoms with Crippen LogP contribution in [-0.4, -0.2) is 38.4 Å². The minimum Gasteiger partial charge on any atom is -0.328 e. The Hall–Kier alpha value is -4.36. The maximum atomic E-state index is 13.7. The van der Waals surface area contributed by atoms with E-state index in [1.165, 1.54) is 12.3 Å². The molecule has 0 saturated carbocycles. The molecule has 8 heteroatoms. The molecular weight excluding hydrogens is 502 g/mol. The molecule has 1 atom stereocenters. The Morgan fingerprint density at radius 2 is 1.76 bits per heavy atom. The van der Waals surface area contributed by atoms with Crippen molar-refractivity contribution in [3.63, 3.8) is 0 Å². The zero-order valence-electron chi connectivity index (χ0n) is 20.4. The van der Waals surface area contributed by atoms with Crippen LogP contribution in [0.3, 0.4) is 0 Å². The van der Waals surface area contributed by atoms with Crippen LogP contribution in [0, 0.1) is 0 Å². The van der Waals surface area contributed by atoms with Gasteiger partial charge in [0.15, 0.2) is 11.6 Å². The third-order valence-electron chi connectivity index (χ3n) is 6.66. The number of pyridine rings is 2. The third kappa shape index (κ3) is 5.48. The molecule has 1 amide bonds. The van der Waals surface area contributed by atoms with E-state index in [-0.39, 0.29) is 42.4 Å². The van der Waals surface area contributed by atoms with Gasteiger partial charge in [-0.15, -0.1) is 0 Å². The molecule has 1 aliphatic heterocycles. The Kier molecular flexibility index (Phi) is 7.29. The molecule has 5 rings (SSSR count). The lowest BCUT2D eigenvalue weighted by Gasteiger charge is -2.29. The number of hydrogen-bond donors (Lipinski definition) is 1. The standard InChI is InChI=1S/C30H24ClN3O4/c31-22-10-11-24-21(15-22)16-28(36)26(17-23-4-1-2-12-32-23)34(30(24)38)18-20-8-6-19(7-9-20)14-27(35)25-5-3-13-33-29(25)37/h1-13,15,26H,14,16-18H2,(H,33,37)/t26-/m1/s1. The minimum absolute atomic E-state index is 0.0743. The summed E-state index contributed by atoms with van der Waals surface area (Å²) in [6.45, 7) is 0.205. The van der Waals surface area contributed by atoms with Gasteiger partial charge in [-0.1, -0.05) is 41.9 Å². The molecule has 3 heterocycles. The number of halogens is 1. The first-order valence-corrected chi connectivity index (χ1v) is 12.6. The summed E-state index contributed by atoms with van der Waals surface area (Å²) < 4.78 is 0. The number of ketones is 2. The van der Waals surface area contributed by atoms with Crippen molar-refractivity contribution in [3.8, 4) is 0 Å². The molecule has 2 aromatic carbocycles. The van der Waals surface area contributed by atoms with E-state index < -0.39 is 11.6 Å². The van der Waals surface area contributed by atoms with E-state index >= 15 is 0 Å². The van der Waals surface area contributed by atoms with E-state index in [1.807, 2.05) is 24.3 Å². The second kappa shape index (κ2) is 10.9. The number of carbonyl (C=O) groups excluding carboxylic acids is 3. The predicted octanol–water partition coefficient (Wildman–Crippen LogP) is 4.23. The molecule has 0 saturated heterocycles. The highest BCUT2D eigenvalue weighted by molar-refractivity contribution is 6.30. The van der Waals surface area contributed by atoms with Crippen LogP contribution in [0.4, 0.5) is 0 Å². The number of fused-ring (bicyclic) bond motifs is 1. The van der Waals surface area contributed by atoms with Crippen molar-refractivity contribution in [1.82, 2.24) is 14.9 Å².